The highest BCUT2D eigenvalue weighted by Gasteiger charge is 2.15. The summed E-state index contributed by atoms with van der Waals surface area (Å²) >= 11 is 0. The van der Waals surface area contributed by atoms with Gasteiger partial charge in [0, 0.05) is 27.2 Å². The Morgan fingerprint density at radius 2 is 2.00 bits per heavy atom. The number of carboxylic acids is 1. The summed E-state index contributed by atoms with van der Waals surface area (Å²) in [5.74, 6) is -0.936. The lowest BCUT2D eigenvalue weighted by atomic mass is 10.1. The minimum absolute atomic E-state index is 0.0833. The topological polar surface area (TPSA) is 84.6 Å². The van der Waals surface area contributed by atoms with Crippen molar-refractivity contribution in [1.82, 2.24) is 9.80 Å². The van der Waals surface area contributed by atoms with Crippen LogP contribution in [-0.2, 0) is 11.3 Å². The van der Waals surface area contributed by atoms with Crippen molar-refractivity contribution >= 4 is 12.0 Å². The third-order valence-electron chi connectivity index (χ3n) is 2.79. The van der Waals surface area contributed by atoms with Gasteiger partial charge in [-0.15, -0.1) is 0 Å². The second kappa shape index (κ2) is 7.14. The second-order valence-corrected chi connectivity index (χ2v) is 4.52. The van der Waals surface area contributed by atoms with Crippen LogP contribution in [0, 0.1) is 11.3 Å². The third kappa shape index (κ3) is 4.61. The van der Waals surface area contributed by atoms with Crippen LogP contribution in [0.4, 0.5) is 4.79 Å². The number of hydrogen-bond donors (Lipinski definition) is 1. The number of nitrogens with zero attached hydrogens (tertiary/aromatic N) is 3. The van der Waals surface area contributed by atoms with Gasteiger partial charge < -0.3 is 14.9 Å². The Hall–Kier alpha value is -2.55. The molecule has 2 amide bonds. The van der Waals surface area contributed by atoms with Gasteiger partial charge in [0.1, 0.15) is 0 Å². The summed E-state index contributed by atoms with van der Waals surface area (Å²) in [6.07, 6.45) is -0.0833. The minimum atomic E-state index is -0.936. The summed E-state index contributed by atoms with van der Waals surface area (Å²) in [7, 11) is 3.20. The molecule has 0 bridgehead atoms. The molecule has 1 aromatic rings. The van der Waals surface area contributed by atoms with Gasteiger partial charge in [0.05, 0.1) is 18.1 Å². The zero-order valence-electron chi connectivity index (χ0n) is 11.5. The van der Waals surface area contributed by atoms with Gasteiger partial charge >= 0.3 is 12.0 Å². The van der Waals surface area contributed by atoms with Crippen molar-refractivity contribution in [2.45, 2.75) is 13.0 Å². The molecule has 1 rings (SSSR count). The molecule has 0 atom stereocenters. The summed E-state index contributed by atoms with van der Waals surface area (Å²) in [6, 6.07) is 8.81. The fourth-order valence-electron chi connectivity index (χ4n) is 1.73. The van der Waals surface area contributed by atoms with E-state index in [1.165, 1.54) is 9.80 Å². The van der Waals surface area contributed by atoms with E-state index in [-0.39, 0.29) is 19.0 Å². The Kier molecular flexibility index (Phi) is 5.54. The molecule has 0 unspecified atom stereocenters. The number of carboxylic acid groups (broad SMARTS) is 1. The van der Waals surface area contributed by atoms with E-state index in [0.29, 0.717) is 12.1 Å². The highest BCUT2D eigenvalue weighted by atomic mass is 16.4. The van der Waals surface area contributed by atoms with Gasteiger partial charge in [-0.25, -0.2) is 4.79 Å². The van der Waals surface area contributed by atoms with Crippen molar-refractivity contribution in [3.63, 3.8) is 0 Å². The summed E-state index contributed by atoms with van der Waals surface area (Å²) < 4.78 is 0. The molecule has 0 saturated carbocycles. The molecule has 0 aromatic heterocycles. The van der Waals surface area contributed by atoms with Gasteiger partial charge in [-0.3, -0.25) is 4.79 Å². The summed E-state index contributed by atoms with van der Waals surface area (Å²) in [4.78, 5) is 25.3. The monoisotopic (exact) mass is 275 g/mol. The molecular weight excluding hydrogens is 258 g/mol. The van der Waals surface area contributed by atoms with Gasteiger partial charge in [0.2, 0.25) is 0 Å². The van der Waals surface area contributed by atoms with Crippen LogP contribution in [0.5, 0.6) is 0 Å². The molecule has 0 heterocycles. The number of urea groups is 1. The fraction of sp³-hybridized carbons (Fsp3) is 0.357. The van der Waals surface area contributed by atoms with Crippen LogP contribution in [0.15, 0.2) is 24.3 Å². The van der Waals surface area contributed by atoms with Crippen molar-refractivity contribution in [3.8, 4) is 6.07 Å². The first-order valence-corrected chi connectivity index (χ1v) is 6.11. The average Bonchev–Trinajstić information content (AvgIpc) is 2.43. The zero-order chi connectivity index (χ0) is 15.1. The number of aliphatic carboxylic acids is 1. The molecule has 6 nitrogen and oxygen atoms in total. The first kappa shape index (κ1) is 15.5. The van der Waals surface area contributed by atoms with Crippen LogP contribution >= 0.6 is 0 Å². The molecule has 1 N–H and O–H groups in total. The number of nitriles is 1. The van der Waals surface area contributed by atoms with Gasteiger partial charge in [-0.1, -0.05) is 12.1 Å². The number of rotatable bonds is 5. The molecule has 0 spiro atoms. The van der Waals surface area contributed by atoms with Gasteiger partial charge in [-0.05, 0) is 17.7 Å². The first-order chi connectivity index (χ1) is 9.43. The summed E-state index contributed by atoms with van der Waals surface area (Å²) in [5.41, 5.74) is 1.40. The zero-order valence-corrected chi connectivity index (χ0v) is 11.5. The number of carbonyl (C=O) groups excluding carboxylic acids is 1. The quantitative estimate of drug-likeness (QED) is 0.882. The van der Waals surface area contributed by atoms with Crippen molar-refractivity contribution in [1.29, 1.82) is 5.26 Å². The van der Waals surface area contributed by atoms with E-state index in [1.54, 1.807) is 32.3 Å². The molecule has 0 radical (unpaired) electrons. The maximum atomic E-state index is 12.0. The standard InChI is InChI=1S/C14H17N3O3/c1-16(7-6-13(18)19)14(20)17(2)10-12-5-3-4-11(8-12)9-15/h3-5,8H,6-7,10H2,1-2H3,(H,18,19). The van der Waals surface area contributed by atoms with Crippen molar-refractivity contribution in [2.24, 2.45) is 0 Å². The molecule has 0 fully saturated rings. The van der Waals surface area contributed by atoms with Crippen molar-refractivity contribution in [3.05, 3.63) is 35.4 Å². The van der Waals surface area contributed by atoms with E-state index < -0.39 is 5.97 Å². The van der Waals surface area contributed by atoms with Crippen molar-refractivity contribution < 1.29 is 14.7 Å². The lowest BCUT2D eigenvalue weighted by molar-refractivity contribution is -0.137. The van der Waals surface area contributed by atoms with E-state index in [0.717, 1.165) is 5.56 Å². The van der Waals surface area contributed by atoms with Crippen LogP contribution in [0.1, 0.15) is 17.5 Å². The smallest absolute Gasteiger partial charge is 0.319 e. The SMILES string of the molecule is CN(CCC(=O)O)C(=O)N(C)Cc1cccc(C#N)c1. The molecular formula is C14H17N3O3. The molecule has 106 valence electrons. The third-order valence-corrected chi connectivity index (χ3v) is 2.79. The Labute approximate surface area is 117 Å². The second-order valence-electron chi connectivity index (χ2n) is 4.52. The molecule has 0 aliphatic rings. The highest BCUT2D eigenvalue weighted by Crippen LogP contribution is 2.08. The number of benzene rings is 1. The fourth-order valence-corrected chi connectivity index (χ4v) is 1.73. The Morgan fingerprint density at radius 1 is 1.30 bits per heavy atom. The normalized spacial score (nSPS) is 9.65. The number of amides is 2. The Bertz CT molecular complexity index is 537. The van der Waals surface area contributed by atoms with E-state index in [4.69, 9.17) is 10.4 Å². The van der Waals surface area contributed by atoms with Crippen LogP contribution in [0.2, 0.25) is 0 Å². The predicted octanol–water partition coefficient (Wildman–Crippen LogP) is 1.52. The predicted molar refractivity (Wildman–Crippen MR) is 72.9 cm³/mol. The number of carbonyl (C=O) groups is 2. The lowest BCUT2D eigenvalue weighted by Gasteiger charge is -2.24. The maximum absolute atomic E-state index is 12.0. The van der Waals surface area contributed by atoms with E-state index in [1.807, 2.05) is 12.1 Å². The molecule has 20 heavy (non-hydrogen) atoms. The van der Waals surface area contributed by atoms with E-state index in [2.05, 4.69) is 0 Å². The molecule has 1 aromatic carbocycles. The first-order valence-electron chi connectivity index (χ1n) is 6.11. The van der Waals surface area contributed by atoms with Crippen molar-refractivity contribution in [2.75, 3.05) is 20.6 Å². The van der Waals surface area contributed by atoms with Gasteiger partial charge in [-0.2, -0.15) is 5.26 Å². The van der Waals surface area contributed by atoms with Crippen LogP contribution in [0.25, 0.3) is 0 Å². The van der Waals surface area contributed by atoms with E-state index in [9.17, 15) is 9.59 Å². The molecule has 6 heteroatoms. The average molecular weight is 275 g/mol. The lowest BCUT2D eigenvalue weighted by Crippen LogP contribution is -2.39. The molecule has 0 saturated heterocycles. The number of hydrogen-bond acceptors (Lipinski definition) is 3. The van der Waals surface area contributed by atoms with Gasteiger partial charge in [0.25, 0.3) is 0 Å². The minimum Gasteiger partial charge on any atom is -0.481 e. The van der Waals surface area contributed by atoms with Crippen LogP contribution in [0.3, 0.4) is 0 Å². The molecule has 0 aliphatic heterocycles. The maximum Gasteiger partial charge on any atom is 0.319 e. The van der Waals surface area contributed by atoms with Gasteiger partial charge in [0.15, 0.2) is 0 Å². The summed E-state index contributed by atoms with van der Waals surface area (Å²) in [5, 5.41) is 17.4. The van der Waals surface area contributed by atoms with Crippen LogP contribution < -0.4 is 0 Å². The van der Waals surface area contributed by atoms with E-state index >= 15 is 0 Å². The molecule has 0 aliphatic carbocycles. The largest absolute Gasteiger partial charge is 0.481 e. The highest BCUT2D eigenvalue weighted by molar-refractivity contribution is 5.75. The Balaban J connectivity index is 2.61. The summed E-state index contributed by atoms with van der Waals surface area (Å²) in [6.45, 7) is 0.530. The Morgan fingerprint density at radius 3 is 2.60 bits per heavy atom. The van der Waals surface area contributed by atoms with Crippen LogP contribution in [-0.4, -0.2) is 47.5 Å².